The molecule has 1 heterocycles. The molecule has 1 aliphatic carbocycles. The highest BCUT2D eigenvalue weighted by Gasteiger charge is 2.28. The van der Waals surface area contributed by atoms with Gasteiger partial charge in [0, 0.05) is 38.7 Å². The second-order valence-corrected chi connectivity index (χ2v) is 28.3. The summed E-state index contributed by atoms with van der Waals surface area (Å²) in [6.07, 6.45) is 6.74. The number of aromatic nitrogens is 1. The summed E-state index contributed by atoms with van der Waals surface area (Å²) in [5.74, 6) is 0. The van der Waals surface area contributed by atoms with Crippen LogP contribution in [-0.2, 0) is 33.5 Å². The number of hydrogen-bond donors (Lipinski definition) is 0. The lowest BCUT2D eigenvalue weighted by molar-refractivity contribution is 0.568. The van der Waals surface area contributed by atoms with Crippen LogP contribution in [0.2, 0.25) is 0 Å². The number of benzene rings is 10. The van der Waals surface area contributed by atoms with Gasteiger partial charge in [-0.25, -0.2) is 0 Å². The first-order chi connectivity index (χ1) is 37.8. The third kappa shape index (κ3) is 9.43. The highest BCUT2D eigenvalue weighted by atomic mass is 15.1. The van der Waals surface area contributed by atoms with E-state index in [1.807, 2.05) is 0 Å². The second kappa shape index (κ2) is 19.0. The van der Waals surface area contributed by atoms with Crippen molar-refractivity contribution in [2.75, 3.05) is 4.90 Å². The molecule has 0 radical (unpaired) electrons. The van der Waals surface area contributed by atoms with E-state index in [0.29, 0.717) is 0 Å². The van der Waals surface area contributed by atoms with Crippen molar-refractivity contribution in [1.29, 1.82) is 0 Å². The topological polar surface area (TPSA) is 8.17 Å². The molecule has 0 unspecified atom stereocenters. The minimum atomic E-state index is -0.110. The molecule has 0 N–H and O–H groups in total. The minimum absolute atomic E-state index is 0.000167. The first kappa shape index (κ1) is 53.0. The summed E-state index contributed by atoms with van der Waals surface area (Å²) >= 11 is 0. The third-order valence-electron chi connectivity index (χ3n) is 17.3. The van der Waals surface area contributed by atoms with E-state index in [1.165, 1.54) is 121 Å². The number of nitrogens with zero attached hydrogens (tertiary/aromatic N) is 2. The van der Waals surface area contributed by atoms with Gasteiger partial charge in [0.25, 0.3) is 0 Å². The Morgan fingerprint density at radius 2 is 0.912 bits per heavy atom. The predicted octanol–water partition coefficient (Wildman–Crippen LogP) is 22.4. The Morgan fingerprint density at radius 1 is 0.375 bits per heavy atom. The number of anilines is 3. The van der Waals surface area contributed by atoms with Crippen LogP contribution < -0.4 is 4.90 Å². The minimum Gasteiger partial charge on any atom is -0.312 e. The van der Waals surface area contributed by atoms with Gasteiger partial charge < -0.3 is 9.47 Å². The van der Waals surface area contributed by atoms with E-state index < -0.39 is 0 Å². The maximum atomic E-state index is 2.58. The summed E-state index contributed by atoms with van der Waals surface area (Å²) in [5.41, 5.74) is 22.6. The summed E-state index contributed by atoms with van der Waals surface area (Å²) in [6.45, 7) is 35.0. The van der Waals surface area contributed by atoms with Crippen LogP contribution in [0.5, 0.6) is 0 Å². The molecule has 0 saturated carbocycles. The maximum Gasteiger partial charge on any atom is 0.0543 e. The lowest BCUT2D eigenvalue weighted by Crippen LogP contribution is -2.16. The fraction of sp³-hybridized carbons (Fsp3) is 0.282. The van der Waals surface area contributed by atoms with Gasteiger partial charge in [-0.2, -0.15) is 0 Å². The van der Waals surface area contributed by atoms with Gasteiger partial charge in [-0.1, -0.05) is 249 Å². The quantitative estimate of drug-likeness (QED) is 0.144. The van der Waals surface area contributed by atoms with Crippen LogP contribution in [0.3, 0.4) is 0 Å². The van der Waals surface area contributed by atoms with E-state index in [0.717, 1.165) is 29.9 Å². The van der Waals surface area contributed by atoms with E-state index in [9.17, 15) is 0 Å². The SMILES string of the molecule is CC(C)(C)c1cc(-c2ccc(N(c3cc(C(C)(C)C)ccc3-c3cccc(-c4cc(C(C)(C)C)cc(C(C)(C)C)c4)c3)c3ccc4ccc5c(-n6c7c(c8ccccc86)C=CCC7)ccc6ccc3c4c65)cc2)cc(C(C)(C)C)c1. The Kier molecular flexibility index (Phi) is 12.6. The van der Waals surface area contributed by atoms with Crippen LogP contribution in [0.15, 0.2) is 182 Å². The molecule has 402 valence electrons. The van der Waals surface area contributed by atoms with E-state index in [4.69, 9.17) is 0 Å². The van der Waals surface area contributed by atoms with Crippen molar-refractivity contribution in [3.8, 4) is 39.1 Å². The van der Waals surface area contributed by atoms with Crippen molar-refractivity contribution in [3.63, 3.8) is 0 Å². The highest BCUT2D eigenvalue weighted by molar-refractivity contribution is 6.27. The average molecular weight is 1050 g/mol. The molecular formula is C78H80N2. The fourth-order valence-corrected chi connectivity index (χ4v) is 12.4. The van der Waals surface area contributed by atoms with Crippen LogP contribution in [-0.4, -0.2) is 4.57 Å². The second-order valence-electron chi connectivity index (χ2n) is 28.3. The summed E-state index contributed by atoms with van der Waals surface area (Å²) in [6, 6.07) is 68.5. The van der Waals surface area contributed by atoms with Crippen molar-refractivity contribution >= 4 is 66.4 Å². The molecule has 11 aromatic rings. The molecule has 0 amide bonds. The first-order valence-electron chi connectivity index (χ1n) is 29.3. The van der Waals surface area contributed by atoms with Crippen molar-refractivity contribution in [1.82, 2.24) is 4.57 Å². The Morgan fingerprint density at radius 3 is 1.52 bits per heavy atom. The summed E-state index contributed by atoms with van der Waals surface area (Å²) < 4.78 is 2.57. The standard InChI is InChI=1S/C78H80N2/c1-74(2,3)56-33-38-62(53-22-20-21-52(41-53)55-44-59(77(10,11)12)47-60(45-55)78(13,14)15)71(48-56)79(61-34-27-49(28-35-61)54-42-57(75(4,5)6)46-58(43-54)76(7,8)9)69-39-31-50-30-37-66-70(40-32-51-29-36-65(69)72(50)73(51)66)80-67-25-18-16-23-63(67)64-24-17-19-26-68(64)80/h16-18,20-25,27-48H,19,26H2,1-15H3. The molecule has 2 heteroatoms. The molecule has 80 heavy (non-hydrogen) atoms. The van der Waals surface area contributed by atoms with Gasteiger partial charge in [0.15, 0.2) is 0 Å². The number of hydrogen-bond acceptors (Lipinski definition) is 1. The number of rotatable bonds is 7. The van der Waals surface area contributed by atoms with Gasteiger partial charge in [-0.05, 0) is 160 Å². The van der Waals surface area contributed by atoms with E-state index in [1.54, 1.807) is 0 Å². The monoisotopic (exact) mass is 1040 g/mol. The normalized spacial score (nSPS) is 13.5. The van der Waals surface area contributed by atoms with Crippen molar-refractivity contribution in [3.05, 3.63) is 221 Å². The van der Waals surface area contributed by atoms with Crippen molar-refractivity contribution in [2.24, 2.45) is 0 Å². The molecule has 2 nitrogen and oxygen atoms in total. The zero-order chi connectivity index (χ0) is 56.4. The molecule has 12 rings (SSSR count). The maximum absolute atomic E-state index is 2.58. The molecule has 0 aliphatic heterocycles. The molecular weight excluding hydrogens is 965 g/mol. The Bertz CT molecular complexity index is 4170. The largest absolute Gasteiger partial charge is 0.312 e. The number of para-hydroxylation sites is 1. The molecule has 0 spiro atoms. The lowest BCUT2D eigenvalue weighted by atomic mass is 9.78. The molecule has 0 fully saturated rings. The van der Waals surface area contributed by atoms with Gasteiger partial charge in [0.05, 0.1) is 22.6 Å². The molecule has 0 atom stereocenters. The van der Waals surface area contributed by atoms with Crippen molar-refractivity contribution < 1.29 is 0 Å². The van der Waals surface area contributed by atoms with E-state index in [2.05, 4.69) is 301 Å². The fourth-order valence-electron chi connectivity index (χ4n) is 12.4. The summed E-state index contributed by atoms with van der Waals surface area (Å²) in [5, 5.41) is 8.92. The highest BCUT2D eigenvalue weighted by Crippen LogP contribution is 2.50. The number of allylic oxidation sites excluding steroid dienone is 1. The van der Waals surface area contributed by atoms with E-state index >= 15 is 0 Å². The van der Waals surface area contributed by atoms with Gasteiger partial charge >= 0.3 is 0 Å². The predicted molar refractivity (Wildman–Crippen MR) is 349 cm³/mol. The molecule has 1 aliphatic rings. The van der Waals surface area contributed by atoms with Crippen LogP contribution >= 0.6 is 0 Å². The molecule has 0 saturated heterocycles. The van der Waals surface area contributed by atoms with Crippen LogP contribution in [0.1, 0.15) is 149 Å². The third-order valence-corrected chi connectivity index (χ3v) is 17.3. The smallest absolute Gasteiger partial charge is 0.0543 e. The zero-order valence-electron chi connectivity index (χ0n) is 50.2. The van der Waals surface area contributed by atoms with Gasteiger partial charge in [-0.15, -0.1) is 0 Å². The zero-order valence-corrected chi connectivity index (χ0v) is 50.2. The Hall–Kier alpha value is -7.68. The van der Waals surface area contributed by atoms with Gasteiger partial charge in [0.1, 0.15) is 0 Å². The summed E-state index contributed by atoms with van der Waals surface area (Å²) in [4.78, 5) is 2.58. The van der Waals surface area contributed by atoms with Crippen molar-refractivity contribution in [2.45, 2.75) is 144 Å². The van der Waals surface area contributed by atoms with Crippen LogP contribution in [0.25, 0.3) is 88.4 Å². The molecule has 10 aromatic carbocycles. The average Bonchev–Trinajstić information content (AvgIpc) is 3.94. The van der Waals surface area contributed by atoms with E-state index in [-0.39, 0.29) is 27.1 Å². The summed E-state index contributed by atoms with van der Waals surface area (Å²) in [7, 11) is 0. The van der Waals surface area contributed by atoms with Crippen LogP contribution in [0.4, 0.5) is 17.1 Å². The number of fused-ring (bicyclic) bond motifs is 3. The molecule has 1 aromatic heterocycles. The van der Waals surface area contributed by atoms with Crippen LogP contribution in [0, 0.1) is 0 Å². The van der Waals surface area contributed by atoms with Gasteiger partial charge in [0.2, 0.25) is 0 Å². The Balaban J connectivity index is 1.11. The first-order valence-corrected chi connectivity index (χ1v) is 29.3. The molecule has 0 bridgehead atoms. The van der Waals surface area contributed by atoms with Gasteiger partial charge in [-0.3, -0.25) is 0 Å². The lowest BCUT2D eigenvalue weighted by Gasteiger charge is -2.32. The Labute approximate surface area is 477 Å².